The van der Waals surface area contributed by atoms with Crippen molar-refractivity contribution in [3.8, 4) is 5.75 Å². The second-order valence-electron chi connectivity index (χ2n) is 10.5. The van der Waals surface area contributed by atoms with Crippen LogP contribution < -0.4 is 20.3 Å². The maximum atomic E-state index is 14.0. The van der Waals surface area contributed by atoms with Crippen LogP contribution >= 0.6 is 0 Å². The van der Waals surface area contributed by atoms with Gasteiger partial charge in [0.2, 0.25) is 9.84 Å². The zero-order chi connectivity index (χ0) is 28.0. The third-order valence-electron chi connectivity index (χ3n) is 7.99. The number of hydrogen-bond donors (Lipinski definition) is 2. The van der Waals surface area contributed by atoms with E-state index in [4.69, 9.17) is 10.5 Å². The largest absolute Gasteiger partial charge is 0.494 e. The topological polar surface area (TPSA) is 107 Å². The molecule has 9 nitrogen and oxygen atoms in total. The first-order valence-electron chi connectivity index (χ1n) is 13.4. The summed E-state index contributed by atoms with van der Waals surface area (Å²) in [4.78, 5) is 14.4. The van der Waals surface area contributed by atoms with Crippen LogP contribution in [0.15, 0.2) is 82.8 Å². The second-order valence-corrected chi connectivity index (χ2v) is 12.3. The number of anilines is 3. The third-order valence-corrected chi connectivity index (χ3v) is 9.76. The number of nitrogens with zero attached hydrogens (tertiary/aromatic N) is 4. The summed E-state index contributed by atoms with van der Waals surface area (Å²) in [6.07, 6.45) is 2.92. The van der Waals surface area contributed by atoms with E-state index < -0.39 is 16.1 Å². The molecule has 0 aliphatic carbocycles. The summed E-state index contributed by atoms with van der Waals surface area (Å²) in [7, 11) is 1.92. The van der Waals surface area contributed by atoms with E-state index in [2.05, 4.69) is 39.9 Å². The molecule has 4 aromatic rings. The molecule has 0 amide bonds. The predicted octanol–water partition coefficient (Wildman–Crippen LogP) is 4.32. The van der Waals surface area contributed by atoms with Crippen molar-refractivity contribution in [1.29, 1.82) is 0 Å². The Hall–Kier alpha value is -3.86. The summed E-state index contributed by atoms with van der Waals surface area (Å²) in [6, 6.07) is 21.1. The molecule has 2 aliphatic heterocycles. The number of fused-ring (bicyclic) bond motifs is 2. The summed E-state index contributed by atoms with van der Waals surface area (Å²) in [5.74, 6) is 1.19. The zero-order valence-corrected chi connectivity index (χ0v) is 23.7. The average molecular weight is 559 g/mol. The number of sulfone groups is 1. The Labute approximate surface area is 234 Å². The maximum absolute atomic E-state index is 14.0. The van der Waals surface area contributed by atoms with Gasteiger partial charge in [0.25, 0.3) is 0 Å². The van der Waals surface area contributed by atoms with E-state index >= 15 is 0 Å². The predicted molar refractivity (Wildman–Crippen MR) is 160 cm³/mol. The van der Waals surface area contributed by atoms with Gasteiger partial charge in [-0.15, -0.1) is 0 Å². The van der Waals surface area contributed by atoms with Gasteiger partial charge in [0.15, 0.2) is 11.3 Å². The molecule has 3 aromatic carbocycles. The SMILES string of the molecule is COc1cc(N2CCC(N(C)C)CC2)ccc1N1c2[nH]ccc2C(S(=O)(=O)c2cccc3ccccc23)=NC1N. The third kappa shape index (κ3) is 4.42. The van der Waals surface area contributed by atoms with Gasteiger partial charge < -0.3 is 19.5 Å². The van der Waals surface area contributed by atoms with E-state index in [-0.39, 0.29) is 9.94 Å². The Morgan fingerprint density at radius 3 is 2.52 bits per heavy atom. The van der Waals surface area contributed by atoms with Gasteiger partial charge in [0.05, 0.1) is 23.3 Å². The molecule has 40 heavy (non-hydrogen) atoms. The highest BCUT2D eigenvalue weighted by Gasteiger charge is 2.37. The van der Waals surface area contributed by atoms with Crippen molar-refractivity contribution < 1.29 is 13.2 Å². The number of aromatic amines is 1. The number of H-pyrrole nitrogens is 1. The summed E-state index contributed by atoms with van der Waals surface area (Å²) in [5.41, 5.74) is 8.84. The molecule has 3 heterocycles. The first-order valence-corrected chi connectivity index (χ1v) is 14.9. The molecule has 0 bridgehead atoms. The summed E-state index contributed by atoms with van der Waals surface area (Å²) in [6.45, 7) is 1.93. The van der Waals surface area contributed by atoms with Crippen LogP contribution in [0.5, 0.6) is 5.75 Å². The van der Waals surface area contributed by atoms with Crippen molar-refractivity contribution in [2.24, 2.45) is 10.7 Å². The number of piperidine rings is 1. The number of methoxy groups -OCH3 is 1. The molecule has 1 aromatic heterocycles. The Kier molecular flexibility index (Phi) is 6.77. The lowest BCUT2D eigenvalue weighted by Crippen LogP contribution is -2.43. The van der Waals surface area contributed by atoms with Gasteiger partial charge in [-0.1, -0.05) is 36.4 Å². The molecule has 10 heteroatoms. The average Bonchev–Trinajstić information content (AvgIpc) is 3.46. The fraction of sp³-hybridized carbons (Fsp3) is 0.300. The minimum absolute atomic E-state index is 0.0526. The highest BCUT2D eigenvalue weighted by atomic mass is 32.2. The Bertz CT molecular complexity index is 1680. The first-order chi connectivity index (χ1) is 19.3. The molecule has 3 N–H and O–H groups in total. The summed E-state index contributed by atoms with van der Waals surface area (Å²) < 4.78 is 33.8. The quantitative estimate of drug-likeness (QED) is 0.376. The van der Waals surface area contributed by atoms with Crippen LogP contribution in [0, 0.1) is 0 Å². The first kappa shape index (κ1) is 26.4. The van der Waals surface area contributed by atoms with Crippen LogP contribution in [0.1, 0.15) is 18.4 Å². The highest BCUT2D eigenvalue weighted by Crippen LogP contribution is 2.42. The van der Waals surface area contributed by atoms with Crippen LogP contribution in [0.25, 0.3) is 10.8 Å². The number of rotatable bonds is 5. The van der Waals surface area contributed by atoms with Crippen LogP contribution in [0.2, 0.25) is 0 Å². The molecule has 0 saturated carbocycles. The van der Waals surface area contributed by atoms with E-state index in [0.29, 0.717) is 34.2 Å². The molecule has 0 spiro atoms. The minimum Gasteiger partial charge on any atom is -0.494 e. The van der Waals surface area contributed by atoms with Crippen molar-refractivity contribution >= 4 is 42.8 Å². The number of aromatic nitrogens is 1. The van der Waals surface area contributed by atoms with Gasteiger partial charge in [0.1, 0.15) is 11.6 Å². The van der Waals surface area contributed by atoms with Crippen LogP contribution in [0.4, 0.5) is 17.2 Å². The van der Waals surface area contributed by atoms with Gasteiger partial charge in [-0.25, -0.2) is 13.4 Å². The number of nitrogens with one attached hydrogen (secondary N) is 1. The molecule has 1 fully saturated rings. The van der Waals surface area contributed by atoms with Crippen molar-refractivity contribution in [1.82, 2.24) is 9.88 Å². The lowest BCUT2D eigenvalue weighted by molar-refractivity contribution is 0.249. The van der Waals surface area contributed by atoms with E-state index in [1.807, 2.05) is 42.5 Å². The van der Waals surface area contributed by atoms with Crippen LogP contribution in [0.3, 0.4) is 0 Å². The monoisotopic (exact) mass is 558 g/mol. The molecule has 0 radical (unpaired) electrons. The molecule has 6 rings (SSSR count). The van der Waals surface area contributed by atoms with Crippen LogP contribution in [-0.4, -0.2) is 70.0 Å². The molecular weight excluding hydrogens is 524 g/mol. The molecular formula is C30H34N6O3S. The van der Waals surface area contributed by atoms with E-state index in [1.165, 1.54) is 0 Å². The summed E-state index contributed by atoms with van der Waals surface area (Å²) in [5, 5.41) is 1.44. The molecule has 1 unspecified atom stereocenters. The van der Waals surface area contributed by atoms with Gasteiger partial charge in [-0.2, -0.15) is 0 Å². The van der Waals surface area contributed by atoms with Gasteiger partial charge in [-0.05, 0) is 56.6 Å². The van der Waals surface area contributed by atoms with Gasteiger partial charge in [0, 0.05) is 42.5 Å². The minimum atomic E-state index is -3.98. The Morgan fingerprint density at radius 2 is 1.77 bits per heavy atom. The number of nitrogens with two attached hydrogens (primary N) is 1. The van der Waals surface area contributed by atoms with E-state index in [9.17, 15) is 8.42 Å². The fourth-order valence-corrected chi connectivity index (χ4v) is 7.47. The van der Waals surface area contributed by atoms with Crippen molar-refractivity contribution in [3.63, 3.8) is 0 Å². The molecule has 208 valence electrons. The lowest BCUT2D eigenvalue weighted by Gasteiger charge is -2.37. The fourth-order valence-electron chi connectivity index (χ4n) is 5.83. The van der Waals surface area contributed by atoms with Gasteiger partial charge >= 0.3 is 0 Å². The van der Waals surface area contributed by atoms with E-state index in [0.717, 1.165) is 37.0 Å². The zero-order valence-electron chi connectivity index (χ0n) is 22.9. The number of hydrogen-bond acceptors (Lipinski definition) is 8. The number of aliphatic imine (C=N–C) groups is 1. The normalized spacial score (nSPS) is 18.2. The van der Waals surface area contributed by atoms with Crippen molar-refractivity contribution in [3.05, 3.63) is 78.5 Å². The van der Waals surface area contributed by atoms with E-state index in [1.54, 1.807) is 36.4 Å². The number of ether oxygens (including phenoxy) is 1. The molecule has 1 saturated heterocycles. The lowest BCUT2D eigenvalue weighted by atomic mass is 10.0. The van der Waals surface area contributed by atoms with Crippen LogP contribution in [-0.2, 0) is 9.84 Å². The highest BCUT2D eigenvalue weighted by molar-refractivity contribution is 8.07. The van der Waals surface area contributed by atoms with Crippen molar-refractivity contribution in [2.75, 3.05) is 44.1 Å². The Morgan fingerprint density at radius 1 is 1.02 bits per heavy atom. The smallest absolute Gasteiger partial charge is 0.224 e. The second kappa shape index (κ2) is 10.3. The van der Waals surface area contributed by atoms with Crippen molar-refractivity contribution in [2.45, 2.75) is 30.1 Å². The number of benzene rings is 3. The summed E-state index contributed by atoms with van der Waals surface area (Å²) >= 11 is 0. The van der Waals surface area contributed by atoms with Gasteiger partial charge in [-0.3, -0.25) is 10.6 Å². The standard InChI is InChI=1S/C30H34N6O3S/c1-34(2)21-14-17-35(18-15-21)22-11-12-25(26(19-22)39-3)36-28-24(13-16-32-28)29(33-30(36)31)40(37,38)27-10-6-8-20-7-4-5-9-23(20)27/h4-13,16,19,21,30,32H,14-15,17-18,31H2,1-3H3. The Balaban J connectivity index is 1.36. The molecule has 2 aliphatic rings. The maximum Gasteiger partial charge on any atom is 0.224 e. The molecule has 1 atom stereocenters.